The second-order valence-electron chi connectivity index (χ2n) is 5.69. The first kappa shape index (κ1) is 19.7. The van der Waals surface area contributed by atoms with Crippen LogP contribution in [-0.2, 0) is 0 Å². The molecule has 0 unspecified atom stereocenters. The zero-order valence-electron chi connectivity index (χ0n) is 14.6. The SMILES string of the molecule is C=CC=C.N#Cc1nc2c3ccc(Br)cc3c3cc(Br)ccc3c2nc1C#N. The number of halogens is 2. The van der Waals surface area contributed by atoms with Crippen LogP contribution in [-0.4, -0.2) is 9.97 Å². The minimum Gasteiger partial charge on any atom is -0.232 e. The van der Waals surface area contributed by atoms with Crippen molar-refractivity contribution in [2.75, 3.05) is 0 Å². The van der Waals surface area contributed by atoms with Gasteiger partial charge in [-0.25, -0.2) is 9.97 Å². The maximum Gasteiger partial charge on any atom is 0.177 e. The fourth-order valence-corrected chi connectivity index (χ4v) is 3.58. The molecule has 0 aliphatic rings. The van der Waals surface area contributed by atoms with Crippen molar-refractivity contribution >= 4 is 64.4 Å². The molecule has 0 N–H and O–H groups in total. The maximum absolute atomic E-state index is 9.26. The Morgan fingerprint density at radius 1 is 0.714 bits per heavy atom. The fraction of sp³-hybridized carbons (Fsp3) is 0. The Balaban J connectivity index is 0.000000516. The molecule has 1 heterocycles. The quantitative estimate of drug-likeness (QED) is 0.223. The normalized spacial score (nSPS) is 10.0. The summed E-state index contributed by atoms with van der Waals surface area (Å²) in [5, 5.41) is 22.3. The van der Waals surface area contributed by atoms with E-state index in [4.69, 9.17) is 0 Å². The summed E-state index contributed by atoms with van der Waals surface area (Å²) in [6.45, 7) is 6.72. The summed E-state index contributed by atoms with van der Waals surface area (Å²) in [5.41, 5.74) is 1.35. The van der Waals surface area contributed by atoms with E-state index in [1.165, 1.54) is 0 Å². The average molecular weight is 492 g/mol. The van der Waals surface area contributed by atoms with Gasteiger partial charge in [0.05, 0.1) is 11.0 Å². The molecule has 134 valence electrons. The van der Waals surface area contributed by atoms with Gasteiger partial charge in [0.2, 0.25) is 0 Å². The van der Waals surface area contributed by atoms with E-state index in [-0.39, 0.29) is 11.4 Å². The summed E-state index contributed by atoms with van der Waals surface area (Å²) in [5.74, 6) is 0. The lowest BCUT2D eigenvalue weighted by molar-refractivity contribution is 1.21. The van der Waals surface area contributed by atoms with Gasteiger partial charge in [-0.05, 0) is 35.0 Å². The van der Waals surface area contributed by atoms with Crippen LogP contribution in [0.3, 0.4) is 0 Å². The van der Waals surface area contributed by atoms with Crippen LogP contribution in [0.4, 0.5) is 0 Å². The molecule has 4 rings (SSSR count). The molecule has 0 aliphatic heterocycles. The van der Waals surface area contributed by atoms with E-state index in [0.717, 1.165) is 30.5 Å². The number of nitrogens with zero attached hydrogens (tertiary/aromatic N) is 4. The number of hydrogen-bond donors (Lipinski definition) is 0. The first-order chi connectivity index (χ1) is 13.5. The van der Waals surface area contributed by atoms with Crippen molar-refractivity contribution in [1.29, 1.82) is 10.5 Å². The number of benzene rings is 3. The van der Waals surface area contributed by atoms with E-state index >= 15 is 0 Å². The largest absolute Gasteiger partial charge is 0.232 e. The Kier molecular flexibility index (Phi) is 5.84. The lowest BCUT2D eigenvalue weighted by Gasteiger charge is -2.10. The molecule has 0 saturated carbocycles. The van der Waals surface area contributed by atoms with Crippen molar-refractivity contribution in [3.63, 3.8) is 0 Å². The predicted octanol–water partition coefficient (Wildman–Crippen LogP) is 6.56. The first-order valence-corrected chi connectivity index (χ1v) is 9.68. The average Bonchev–Trinajstić information content (AvgIpc) is 2.72. The lowest BCUT2D eigenvalue weighted by Crippen LogP contribution is -1.97. The molecule has 4 aromatic rings. The molecular formula is C22H12Br2N4. The molecular weight excluding hydrogens is 480 g/mol. The number of allylic oxidation sites excluding steroid dienone is 2. The van der Waals surface area contributed by atoms with Crippen molar-refractivity contribution in [2.24, 2.45) is 0 Å². The standard InChI is InChI=1S/C18H6Br2N4.C4H6/c19-9-1-3-11-13(5-9)14-6-10(20)2-4-12(14)18-17(11)23-15(7-21)16(8-22)24-18;1-3-4-2/h1-6H;3-4H,1-2H2. The van der Waals surface area contributed by atoms with Gasteiger partial charge in [-0.2, -0.15) is 10.5 Å². The minimum absolute atomic E-state index is 0.0469. The van der Waals surface area contributed by atoms with E-state index < -0.39 is 0 Å². The molecule has 0 bridgehead atoms. The number of fused-ring (bicyclic) bond motifs is 6. The Morgan fingerprint density at radius 2 is 1.11 bits per heavy atom. The Hall–Kier alpha value is -3.06. The van der Waals surface area contributed by atoms with Crippen molar-refractivity contribution in [3.05, 3.63) is 82.0 Å². The molecule has 0 saturated heterocycles. The third-order valence-electron chi connectivity index (χ3n) is 4.04. The molecule has 28 heavy (non-hydrogen) atoms. The van der Waals surface area contributed by atoms with E-state index in [9.17, 15) is 10.5 Å². The Morgan fingerprint density at radius 3 is 1.43 bits per heavy atom. The third-order valence-corrected chi connectivity index (χ3v) is 5.02. The molecule has 0 spiro atoms. The lowest BCUT2D eigenvalue weighted by atomic mass is 9.99. The van der Waals surface area contributed by atoms with Crippen LogP contribution in [0.2, 0.25) is 0 Å². The van der Waals surface area contributed by atoms with Crippen LogP contribution < -0.4 is 0 Å². The minimum atomic E-state index is 0.0469. The van der Waals surface area contributed by atoms with Gasteiger partial charge < -0.3 is 0 Å². The van der Waals surface area contributed by atoms with Crippen LogP contribution in [0.5, 0.6) is 0 Å². The summed E-state index contributed by atoms with van der Waals surface area (Å²) in [6.07, 6.45) is 3.28. The Bertz CT molecular complexity index is 1240. The van der Waals surface area contributed by atoms with Crippen LogP contribution in [0, 0.1) is 22.7 Å². The van der Waals surface area contributed by atoms with Crippen molar-refractivity contribution in [1.82, 2.24) is 9.97 Å². The topological polar surface area (TPSA) is 73.4 Å². The predicted molar refractivity (Wildman–Crippen MR) is 120 cm³/mol. The van der Waals surface area contributed by atoms with Crippen LogP contribution in [0.1, 0.15) is 11.4 Å². The fourth-order valence-electron chi connectivity index (χ4n) is 2.86. The number of nitriles is 2. The van der Waals surface area contributed by atoms with Gasteiger partial charge >= 0.3 is 0 Å². The highest BCUT2D eigenvalue weighted by molar-refractivity contribution is 9.10. The number of aromatic nitrogens is 2. The van der Waals surface area contributed by atoms with E-state index in [1.807, 2.05) is 48.5 Å². The summed E-state index contributed by atoms with van der Waals surface area (Å²) in [4.78, 5) is 8.84. The summed E-state index contributed by atoms with van der Waals surface area (Å²) in [7, 11) is 0. The highest BCUT2D eigenvalue weighted by Gasteiger charge is 2.15. The molecule has 0 fully saturated rings. The summed E-state index contributed by atoms with van der Waals surface area (Å²) >= 11 is 7.02. The van der Waals surface area contributed by atoms with Crippen LogP contribution >= 0.6 is 31.9 Å². The first-order valence-electron chi connectivity index (χ1n) is 8.10. The highest BCUT2D eigenvalue weighted by atomic mass is 79.9. The molecule has 0 atom stereocenters. The molecule has 4 nitrogen and oxygen atoms in total. The summed E-state index contributed by atoms with van der Waals surface area (Å²) < 4.78 is 1.91. The van der Waals surface area contributed by atoms with E-state index in [0.29, 0.717) is 11.0 Å². The van der Waals surface area contributed by atoms with Gasteiger partial charge in [-0.3, -0.25) is 0 Å². The van der Waals surface area contributed by atoms with Gasteiger partial charge in [0.25, 0.3) is 0 Å². The molecule has 3 aromatic carbocycles. The van der Waals surface area contributed by atoms with Gasteiger partial charge in [-0.15, -0.1) is 0 Å². The van der Waals surface area contributed by atoms with Gasteiger partial charge in [-0.1, -0.05) is 69.3 Å². The smallest absolute Gasteiger partial charge is 0.177 e. The van der Waals surface area contributed by atoms with Gasteiger partial charge in [0.1, 0.15) is 12.1 Å². The van der Waals surface area contributed by atoms with E-state index in [1.54, 1.807) is 12.2 Å². The monoisotopic (exact) mass is 490 g/mol. The van der Waals surface area contributed by atoms with Crippen LogP contribution in [0.15, 0.2) is 70.7 Å². The van der Waals surface area contributed by atoms with Crippen molar-refractivity contribution in [2.45, 2.75) is 0 Å². The molecule has 0 amide bonds. The van der Waals surface area contributed by atoms with Crippen molar-refractivity contribution < 1.29 is 0 Å². The maximum atomic E-state index is 9.26. The van der Waals surface area contributed by atoms with Gasteiger partial charge in [0, 0.05) is 19.7 Å². The molecule has 0 aliphatic carbocycles. The summed E-state index contributed by atoms with van der Waals surface area (Å²) in [6, 6.07) is 15.7. The van der Waals surface area contributed by atoms with Gasteiger partial charge in [0.15, 0.2) is 11.4 Å². The van der Waals surface area contributed by atoms with Crippen molar-refractivity contribution in [3.8, 4) is 12.1 Å². The zero-order chi connectivity index (χ0) is 20.3. The van der Waals surface area contributed by atoms with E-state index in [2.05, 4.69) is 55.0 Å². The molecule has 1 aromatic heterocycles. The number of rotatable bonds is 1. The zero-order valence-corrected chi connectivity index (χ0v) is 17.7. The van der Waals surface area contributed by atoms with Crippen LogP contribution in [0.25, 0.3) is 32.6 Å². The molecule has 6 heteroatoms. The molecule has 0 radical (unpaired) electrons. The third kappa shape index (κ3) is 3.53. The Labute approximate surface area is 178 Å². The number of hydrogen-bond acceptors (Lipinski definition) is 4. The highest BCUT2D eigenvalue weighted by Crippen LogP contribution is 2.36. The second kappa shape index (κ2) is 8.31. The second-order valence-corrected chi connectivity index (χ2v) is 7.52.